The average molecular weight is 199 g/mol. The summed E-state index contributed by atoms with van der Waals surface area (Å²) >= 11 is 0. The molecule has 1 fully saturated rings. The average Bonchev–Trinajstić information content (AvgIpc) is 2.63. The Kier molecular flexibility index (Phi) is 4.73. The molecule has 1 rings (SSSR count). The second kappa shape index (κ2) is 5.86. The highest BCUT2D eigenvalue weighted by molar-refractivity contribution is 5.77. The number of aliphatic imine (C=N–C) groups is 1. The van der Waals surface area contributed by atoms with Crippen molar-refractivity contribution in [1.82, 2.24) is 5.32 Å². The molecule has 0 aromatic carbocycles. The molecule has 1 atom stereocenters. The highest BCUT2D eigenvalue weighted by atomic mass is 16.5. The first-order valence-electron chi connectivity index (χ1n) is 5.30. The van der Waals surface area contributed by atoms with Gasteiger partial charge in [0.25, 0.3) is 0 Å². The van der Waals surface area contributed by atoms with Gasteiger partial charge >= 0.3 is 0 Å². The minimum atomic E-state index is 0.560. The van der Waals surface area contributed by atoms with E-state index >= 15 is 0 Å². The van der Waals surface area contributed by atoms with Gasteiger partial charge in [0, 0.05) is 25.6 Å². The van der Waals surface area contributed by atoms with Crippen LogP contribution in [0.4, 0.5) is 0 Å². The molecule has 1 aliphatic heterocycles. The first-order valence-corrected chi connectivity index (χ1v) is 5.30. The second-order valence-corrected chi connectivity index (χ2v) is 4.23. The van der Waals surface area contributed by atoms with Crippen molar-refractivity contribution in [2.45, 2.75) is 20.3 Å². The van der Waals surface area contributed by atoms with Gasteiger partial charge in [0.15, 0.2) is 5.96 Å². The fourth-order valence-electron chi connectivity index (χ4n) is 1.33. The summed E-state index contributed by atoms with van der Waals surface area (Å²) < 4.78 is 5.27. The van der Waals surface area contributed by atoms with Gasteiger partial charge in [-0.25, -0.2) is 0 Å². The van der Waals surface area contributed by atoms with Gasteiger partial charge in [-0.3, -0.25) is 4.99 Å². The number of hydrogen-bond donors (Lipinski definition) is 2. The summed E-state index contributed by atoms with van der Waals surface area (Å²) in [6, 6.07) is 0. The molecular weight excluding hydrogens is 178 g/mol. The molecule has 0 amide bonds. The number of guanidine groups is 1. The molecule has 0 aliphatic carbocycles. The van der Waals surface area contributed by atoms with Gasteiger partial charge in [-0.05, 0) is 12.3 Å². The molecule has 14 heavy (non-hydrogen) atoms. The van der Waals surface area contributed by atoms with Gasteiger partial charge < -0.3 is 15.8 Å². The smallest absolute Gasteiger partial charge is 0.188 e. The molecule has 0 aromatic heterocycles. The molecular formula is C10H21N3O. The summed E-state index contributed by atoms with van der Waals surface area (Å²) in [6.45, 7) is 7.66. The van der Waals surface area contributed by atoms with E-state index < -0.39 is 0 Å². The number of hydrogen-bond acceptors (Lipinski definition) is 2. The first kappa shape index (κ1) is 11.3. The van der Waals surface area contributed by atoms with E-state index in [0.717, 1.165) is 32.7 Å². The highest BCUT2D eigenvalue weighted by Gasteiger charge is 2.14. The van der Waals surface area contributed by atoms with Gasteiger partial charge in [-0.15, -0.1) is 0 Å². The lowest BCUT2D eigenvalue weighted by atomic mass is 10.1. The summed E-state index contributed by atoms with van der Waals surface area (Å²) in [6.07, 6.45) is 1.13. The van der Waals surface area contributed by atoms with E-state index in [1.54, 1.807) is 0 Å². The molecule has 3 N–H and O–H groups in total. The van der Waals surface area contributed by atoms with Gasteiger partial charge in [0.05, 0.1) is 6.61 Å². The van der Waals surface area contributed by atoms with Crippen LogP contribution in [-0.4, -0.2) is 32.3 Å². The zero-order valence-electron chi connectivity index (χ0n) is 9.12. The minimum absolute atomic E-state index is 0.560. The van der Waals surface area contributed by atoms with Crippen molar-refractivity contribution in [1.29, 1.82) is 0 Å². The van der Waals surface area contributed by atoms with Crippen molar-refractivity contribution in [3.63, 3.8) is 0 Å². The fourth-order valence-corrected chi connectivity index (χ4v) is 1.33. The molecule has 4 nitrogen and oxygen atoms in total. The Balaban J connectivity index is 2.12. The van der Waals surface area contributed by atoms with Crippen LogP contribution in [0.15, 0.2) is 4.99 Å². The Hall–Kier alpha value is -0.770. The first-order chi connectivity index (χ1) is 6.68. The Morgan fingerprint density at radius 3 is 3.00 bits per heavy atom. The lowest BCUT2D eigenvalue weighted by molar-refractivity contribution is 0.186. The van der Waals surface area contributed by atoms with E-state index in [-0.39, 0.29) is 0 Å². The van der Waals surface area contributed by atoms with Crippen LogP contribution in [0.1, 0.15) is 20.3 Å². The lowest BCUT2D eigenvalue weighted by Gasteiger charge is -2.10. The quantitative estimate of drug-likeness (QED) is 0.514. The van der Waals surface area contributed by atoms with Crippen molar-refractivity contribution >= 4 is 5.96 Å². The van der Waals surface area contributed by atoms with Crippen LogP contribution < -0.4 is 11.1 Å². The molecule has 1 unspecified atom stereocenters. The van der Waals surface area contributed by atoms with Crippen LogP contribution in [0, 0.1) is 11.8 Å². The van der Waals surface area contributed by atoms with Crippen LogP contribution in [0.25, 0.3) is 0 Å². The molecule has 4 heteroatoms. The summed E-state index contributed by atoms with van der Waals surface area (Å²) in [5.41, 5.74) is 5.70. The van der Waals surface area contributed by atoms with E-state index in [9.17, 15) is 0 Å². The second-order valence-electron chi connectivity index (χ2n) is 4.23. The molecule has 0 bridgehead atoms. The topological polar surface area (TPSA) is 59.6 Å². The van der Waals surface area contributed by atoms with Gasteiger partial charge in [-0.2, -0.15) is 0 Å². The zero-order valence-corrected chi connectivity index (χ0v) is 9.12. The van der Waals surface area contributed by atoms with Crippen molar-refractivity contribution in [2.75, 3.05) is 26.3 Å². The van der Waals surface area contributed by atoms with Gasteiger partial charge in [0.1, 0.15) is 0 Å². The Morgan fingerprint density at radius 1 is 1.64 bits per heavy atom. The molecule has 82 valence electrons. The van der Waals surface area contributed by atoms with Crippen LogP contribution in [0.3, 0.4) is 0 Å². The maximum Gasteiger partial charge on any atom is 0.188 e. The number of ether oxygens (including phenoxy) is 1. The van der Waals surface area contributed by atoms with Crippen molar-refractivity contribution in [2.24, 2.45) is 22.6 Å². The summed E-state index contributed by atoms with van der Waals surface area (Å²) in [7, 11) is 0. The number of rotatable bonds is 4. The number of nitrogens with zero attached hydrogens (tertiary/aromatic N) is 1. The van der Waals surface area contributed by atoms with E-state index in [1.165, 1.54) is 0 Å². The van der Waals surface area contributed by atoms with E-state index in [2.05, 4.69) is 24.2 Å². The largest absolute Gasteiger partial charge is 0.381 e. The van der Waals surface area contributed by atoms with Crippen molar-refractivity contribution < 1.29 is 4.74 Å². The molecule has 1 heterocycles. The van der Waals surface area contributed by atoms with Crippen LogP contribution >= 0.6 is 0 Å². The molecule has 1 aliphatic rings. The van der Waals surface area contributed by atoms with Gasteiger partial charge in [-0.1, -0.05) is 13.8 Å². The van der Waals surface area contributed by atoms with Gasteiger partial charge in [0.2, 0.25) is 0 Å². The van der Waals surface area contributed by atoms with E-state index in [1.807, 2.05) is 0 Å². The maximum absolute atomic E-state index is 5.70. The SMILES string of the molecule is CC(C)CN=C(N)NCC1CCOC1. The predicted molar refractivity (Wildman–Crippen MR) is 58.3 cm³/mol. The molecule has 0 spiro atoms. The Labute approximate surface area is 85.9 Å². The molecule has 0 radical (unpaired) electrons. The fraction of sp³-hybridized carbons (Fsp3) is 0.900. The Bertz CT molecular complexity index is 186. The third kappa shape index (κ3) is 4.46. The zero-order chi connectivity index (χ0) is 10.4. The summed E-state index contributed by atoms with van der Waals surface area (Å²) in [5, 5.41) is 3.13. The van der Waals surface area contributed by atoms with Crippen molar-refractivity contribution in [3.05, 3.63) is 0 Å². The van der Waals surface area contributed by atoms with Crippen molar-refractivity contribution in [3.8, 4) is 0 Å². The predicted octanol–water partition coefficient (Wildman–Crippen LogP) is 0.583. The maximum atomic E-state index is 5.70. The molecule has 0 aromatic rings. The highest BCUT2D eigenvalue weighted by Crippen LogP contribution is 2.10. The minimum Gasteiger partial charge on any atom is -0.381 e. The van der Waals surface area contributed by atoms with E-state index in [4.69, 9.17) is 10.5 Å². The number of nitrogens with two attached hydrogens (primary N) is 1. The Morgan fingerprint density at radius 2 is 2.43 bits per heavy atom. The lowest BCUT2D eigenvalue weighted by Crippen LogP contribution is -2.36. The third-order valence-corrected chi connectivity index (χ3v) is 2.22. The summed E-state index contributed by atoms with van der Waals surface area (Å²) in [4.78, 5) is 4.23. The number of nitrogens with one attached hydrogen (secondary N) is 1. The third-order valence-electron chi connectivity index (χ3n) is 2.22. The summed E-state index contributed by atoms with van der Waals surface area (Å²) in [5.74, 6) is 1.72. The molecule has 0 saturated carbocycles. The normalized spacial score (nSPS) is 23.1. The monoisotopic (exact) mass is 199 g/mol. The van der Waals surface area contributed by atoms with Crippen LogP contribution in [-0.2, 0) is 4.74 Å². The molecule has 1 saturated heterocycles. The van der Waals surface area contributed by atoms with Crippen LogP contribution in [0.5, 0.6) is 0 Å². The van der Waals surface area contributed by atoms with E-state index in [0.29, 0.717) is 17.8 Å². The van der Waals surface area contributed by atoms with Crippen LogP contribution in [0.2, 0.25) is 0 Å². The standard InChI is InChI=1S/C10H21N3O/c1-8(2)5-12-10(11)13-6-9-3-4-14-7-9/h8-9H,3-7H2,1-2H3,(H3,11,12,13).